The molecule has 3 nitrogen and oxygen atoms in total. The minimum Gasteiger partial charge on any atom is -0.326 e. The van der Waals surface area contributed by atoms with Gasteiger partial charge in [-0.05, 0) is 30.5 Å². The molecule has 2 N–H and O–H groups in total. The summed E-state index contributed by atoms with van der Waals surface area (Å²) in [5, 5.41) is 0. The van der Waals surface area contributed by atoms with Crippen molar-refractivity contribution in [2.45, 2.75) is 47.1 Å². The lowest BCUT2D eigenvalue weighted by Gasteiger charge is -2.31. The zero-order chi connectivity index (χ0) is 14.5. The lowest BCUT2D eigenvalue weighted by molar-refractivity contribution is -0.126. The normalized spacial score (nSPS) is 11.4. The molecular formula is C16H26N2O. The van der Waals surface area contributed by atoms with Crippen molar-refractivity contribution >= 4 is 11.6 Å². The molecule has 0 unspecified atom stereocenters. The minimum atomic E-state index is -0.318. The highest BCUT2D eigenvalue weighted by Crippen LogP contribution is 2.27. The molecule has 106 valence electrons. The van der Waals surface area contributed by atoms with Crippen molar-refractivity contribution < 1.29 is 4.79 Å². The van der Waals surface area contributed by atoms with Crippen LogP contribution < -0.4 is 10.6 Å². The molecule has 0 saturated heterocycles. The Bertz CT molecular complexity index is 409. The largest absolute Gasteiger partial charge is 0.326 e. The fourth-order valence-corrected chi connectivity index (χ4v) is 1.90. The maximum Gasteiger partial charge on any atom is 0.232 e. The number of rotatable bonds is 6. The first kappa shape index (κ1) is 15.7. The first-order chi connectivity index (χ1) is 8.96. The molecule has 0 aromatic heterocycles. The number of anilines is 1. The van der Waals surface area contributed by atoms with Crippen LogP contribution in [0.15, 0.2) is 24.3 Å². The molecule has 3 heteroatoms. The van der Waals surface area contributed by atoms with Crippen molar-refractivity contribution in [1.82, 2.24) is 0 Å². The number of hydrogen-bond donors (Lipinski definition) is 1. The molecule has 0 atom stereocenters. The Kier molecular flexibility index (Phi) is 5.55. The van der Waals surface area contributed by atoms with Gasteiger partial charge in [-0.1, -0.05) is 39.8 Å². The molecular weight excluding hydrogens is 236 g/mol. The molecule has 0 heterocycles. The molecule has 0 aliphatic rings. The van der Waals surface area contributed by atoms with Gasteiger partial charge in [0.05, 0.1) is 0 Å². The average Bonchev–Trinajstić information content (AvgIpc) is 2.44. The second kappa shape index (κ2) is 6.71. The Hall–Kier alpha value is -1.35. The zero-order valence-corrected chi connectivity index (χ0v) is 12.6. The molecule has 0 bridgehead atoms. The van der Waals surface area contributed by atoms with Crippen LogP contribution in [0.5, 0.6) is 0 Å². The van der Waals surface area contributed by atoms with E-state index in [-0.39, 0.29) is 11.3 Å². The lowest BCUT2D eigenvalue weighted by atomic mass is 9.88. The van der Waals surface area contributed by atoms with Crippen LogP contribution in [-0.2, 0) is 11.3 Å². The maximum atomic E-state index is 12.6. The Labute approximate surface area is 116 Å². The van der Waals surface area contributed by atoms with E-state index in [0.29, 0.717) is 6.54 Å². The number of carbonyl (C=O) groups is 1. The van der Waals surface area contributed by atoms with Gasteiger partial charge in [0.1, 0.15) is 0 Å². The summed E-state index contributed by atoms with van der Waals surface area (Å²) in [7, 11) is 0. The summed E-state index contributed by atoms with van der Waals surface area (Å²) in [6, 6.07) is 7.96. The van der Waals surface area contributed by atoms with Gasteiger partial charge in [0, 0.05) is 24.2 Å². The third-order valence-corrected chi connectivity index (χ3v) is 3.64. The predicted octanol–water partition coefficient (Wildman–Crippen LogP) is 3.32. The highest BCUT2D eigenvalue weighted by atomic mass is 16.2. The predicted molar refractivity (Wildman–Crippen MR) is 81.0 cm³/mol. The van der Waals surface area contributed by atoms with Gasteiger partial charge in [0.2, 0.25) is 5.91 Å². The number of amides is 1. The van der Waals surface area contributed by atoms with Crippen molar-refractivity contribution in [3.05, 3.63) is 29.8 Å². The van der Waals surface area contributed by atoms with E-state index in [2.05, 4.69) is 13.8 Å². The van der Waals surface area contributed by atoms with Gasteiger partial charge in [-0.2, -0.15) is 0 Å². The quantitative estimate of drug-likeness (QED) is 0.854. The van der Waals surface area contributed by atoms with Gasteiger partial charge >= 0.3 is 0 Å². The molecule has 1 aromatic rings. The Balaban J connectivity index is 3.02. The number of carbonyl (C=O) groups excluding carboxylic acids is 1. The van der Waals surface area contributed by atoms with Crippen molar-refractivity contribution in [1.29, 1.82) is 0 Å². The topological polar surface area (TPSA) is 46.3 Å². The van der Waals surface area contributed by atoms with Crippen molar-refractivity contribution in [3.8, 4) is 0 Å². The van der Waals surface area contributed by atoms with E-state index in [4.69, 9.17) is 5.73 Å². The van der Waals surface area contributed by atoms with E-state index >= 15 is 0 Å². The van der Waals surface area contributed by atoms with E-state index in [1.807, 2.05) is 43.0 Å². The fraction of sp³-hybridized carbons (Fsp3) is 0.562. The van der Waals surface area contributed by atoms with Gasteiger partial charge < -0.3 is 10.6 Å². The maximum absolute atomic E-state index is 12.6. The molecule has 0 fully saturated rings. The smallest absolute Gasteiger partial charge is 0.232 e. The second-order valence-corrected chi connectivity index (χ2v) is 5.56. The van der Waals surface area contributed by atoms with Gasteiger partial charge in [0.25, 0.3) is 0 Å². The van der Waals surface area contributed by atoms with Gasteiger partial charge in [0.15, 0.2) is 0 Å². The van der Waals surface area contributed by atoms with E-state index in [9.17, 15) is 4.79 Å². The SMILES string of the molecule is CCCN(C(=O)C(C)(C)CC)c1ccc(CN)cc1. The lowest BCUT2D eigenvalue weighted by Crippen LogP contribution is -2.41. The average molecular weight is 262 g/mol. The molecule has 0 radical (unpaired) electrons. The summed E-state index contributed by atoms with van der Waals surface area (Å²) in [6.45, 7) is 9.44. The summed E-state index contributed by atoms with van der Waals surface area (Å²) in [5.74, 6) is 0.192. The van der Waals surface area contributed by atoms with E-state index in [0.717, 1.165) is 30.6 Å². The number of hydrogen-bond acceptors (Lipinski definition) is 2. The molecule has 1 amide bonds. The highest BCUT2D eigenvalue weighted by Gasteiger charge is 2.30. The molecule has 0 aliphatic carbocycles. The monoisotopic (exact) mass is 262 g/mol. The summed E-state index contributed by atoms with van der Waals surface area (Å²) >= 11 is 0. The second-order valence-electron chi connectivity index (χ2n) is 5.56. The standard InChI is InChI=1S/C16H26N2O/c1-5-11-18(15(19)16(3,4)6-2)14-9-7-13(12-17)8-10-14/h7-10H,5-6,11-12,17H2,1-4H3. The van der Waals surface area contributed by atoms with Crippen LogP contribution in [0, 0.1) is 5.41 Å². The summed E-state index contributed by atoms with van der Waals surface area (Å²) in [4.78, 5) is 14.5. The Morgan fingerprint density at radius 2 is 1.79 bits per heavy atom. The van der Waals surface area contributed by atoms with Gasteiger partial charge in [-0.3, -0.25) is 4.79 Å². The van der Waals surface area contributed by atoms with Gasteiger partial charge in [-0.15, -0.1) is 0 Å². The Morgan fingerprint density at radius 3 is 2.21 bits per heavy atom. The fourth-order valence-electron chi connectivity index (χ4n) is 1.90. The molecule has 19 heavy (non-hydrogen) atoms. The molecule has 0 saturated carbocycles. The Morgan fingerprint density at radius 1 is 1.21 bits per heavy atom. The third-order valence-electron chi connectivity index (χ3n) is 3.64. The van der Waals surface area contributed by atoms with E-state index in [1.165, 1.54) is 0 Å². The van der Waals surface area contributed by atoms with E-state index < -0.39 is 0 Å². The summed E-state index contributed by atoms with van der Waals surface area (Å²) < 4.78 is 0. The molecule has 0 aliphatic heterocycles. The van der Waals surface area contributed by atoms with Crippen LogP contribution in [0.25, 0.3) is 0 Å². The minimum absolute atomic E-state index is 0.192. The number of nitrogens with two attached hydrogens (primary N) is 1. The van der Waals surface area contributed by atoms with Crippen LogP contribution in [0.3, 0.4) is 0 Å². The van der Waals surface area contributed by atoms with Crippen molar-refractivity contribution in [3.63, 3.8) is 0 Å². The highest BCUT2D eigenvalue weighted by molar-refractivity contribution is 5.97. The van der Waals surface area contributed by atoms with E-state index in [1.54, 1.807) is 0 Å². The summed E-state index contributed by atoms with van der Waals surface area (Å²) in [5.41, 5.74) is 7.34. The molecule has 1 aromatic carbocycles. The van der Waals surface area contributed by atoms with Crippen molar-refractivity contribution in [2.24, 2.45) is 11.1 Å². The summed E-state index contributed by atoms with van der Waals surface area (Å²) in [6.07, 6.45) is 1.79. The van der Waals surface area contributed by atoms with Crippen LogP contribution in [-0.4, -0.2) is 12.5 Å². The van der Waals surface area contributed by atoms with Gasteiger partial charge in [-0.25, -0.2) is 0 Å². The molecule has 0 spiro atoms. The van der Waals surface area contributed by atoms with Crippen LogP contribution in [0.1, 0.15) is 46.1 Å². The van der Waals surface area contributed by atoms with Crippen LogP contribution in [0.4, 0.5) is 5.69 Å². The first-order valence-corrected chi connectivity index (χ1v) is 7.07. The zero-order valence-electron chi connectivity index (χ0n) is 12.6. The van der Waals surface area contributed by atoms with Crippen molar-refractivity contribution in [2.75, 3.05) is 11.4 Å². The third kappa shape index (κ3) is 3.80. The van der Waals surface area contributed by atoms with Crippen LogP contribution >= 0.6 is 0 Å². The first-order valence-electron chi connectivity index (χ1n) is 7.07. The number of benzene rings is 1. The molecule has 1 rings (SSSR count). The van der Waals surface area contributed by atoms with Crippen LogP contribution in [0.2, 0.25) is 0 Å². The number of nitrogens with zero attached hydrogens (tertiary/aromatic N) is 1.